The van der Waals surface area contributed by atoms with Gasteiger partial charge in [-0.05, 0) is 64.8 Å². The zero-order valence-corrected chi connectivity index (χ0v) is 13.9. The molecule has 0 saturated carbocycles. The second-order valence-electron chi connectivity index (χ2n) is 4.25. The first-order chi connectivity index (χ1) is 9.51. The molecule has 0 fully saturated rings. The lowest BCUT2D eigenvalue weighted by Gasteiger charge is -2.10. The molecule has 2 rings (SSSR count). The monoisotopic (exact) mass is 397 g/mol. The number of halogens is 2. The minimum Gasteiger partial charge on any atom is -0.324 e. The average Bonchev–Trinajstić information content (AvgIpc) is 2.42. The Hall–Kier alpha value is -1.37. The maximum atomic E-state index is 12.2. The molecule has 0 unspecified atom stereocenters. The van der Waals surface area contributed by atoms with Crippen LogP contribution in [0.15, 0.2) is 45.3 Å². The van der Waals surface area contributed by atoms with Crippen molar-refractivity contribution in [3.8, 4) is 0 Å². The highest BCUT2D eigenvalue weighted by molar-refractivity contribution is 9.11. The third-order valence-electron chi connectivity index (χ3n) is 2.82. The average molecular weight is 399 g/mol. The van der Waals surface area contributed by atoms with E-state index in [9.17, 15) is 4.79 Å². The molecule has 0 bridgehead atoms. The van der Waals surface area contributed by atoms with Gasteiger partial charge in [-0.25, -0.2) is 0 Å². The largest absolute Gasteiger partial charge is 0.324 e. The summed E-state index contributed by atoms with van der Waals surface area (Å²) in [5.41, 5.74) is 5.58. The zero-order chi connectivity index (χ0) is 14.7. The molecule has 0 aliphatic carbocycles. The van der Waals surface area contributed by atoms with Crippen molar-refractivity contribution in [1.82, 2.24) is 0 Å². The highest BCUT2D eigenvalue weighted by Crippen LogP contribution is 2.27. The van der Waals surface area contributed by atoms with Gasteiger partial charge in [0, 0.05) is 14.5 Å². The number of carbonyl (C=O) groups excluding carboxylic acids is 1. The number of nitrogens with two attached hydrogens (primary N) is 1. The number of hydrogen-bond donors (Lipinski definition) is 3. The van der Waals surface area contributed by atoms with Crippen molar-refractivity contribution >= 4 is 49.1 Å². The van der Waals surface area contributed by atoms with Gasteiger partial charge in [0.15, 0.2) is 0 Å². The lowest BCUT2D eigenvalue weighted by atomic mass is 10.1. The zero-order valence-electron chi connectivity index (χ0n) is 10.7. The maximum absolute atomic E-state index is 12.2. The predicted molar refractivity (Wildman–Crippen MR) is 88.8 cm³/mol. The molecule has 2 aromatic rings. The molecule has 104 valence electrons. The second kappa shape index (κ2) is 6.39. The standard InChI is InChI=1S/C14H13Br2N3O/c1-8-6-9(2-5-12(8)19-17)14(20)18-13-7-10(15)3-4-11(13)16/h2-7,19H,17H2,1H3,(H,18,20). The molecule has 6 heteroatoms. The summed E-state index contributed by atoms with van der Waals surface area (Å²) in [5, 5.41) is 2.86. The van der Waals surface area contributed by atoms with Crippen molar-refractivity contribution in [2.45, 2.75) is 6.92 Å². The Morgan fingerprint density at radius 1 is 1.10 bits per heavy atom. The van der Waals surface area contributed by atoms with E-state index < -0.39 is 0 Å². The van der Waals surface area contributed by atoms with Crippen LogP contribution in [-0.4, -0.2) is 5.91 Å². The summed E-state index contributed by atoms with van der Waals surface area (Å²) in [6, 6.07) is 10.9. The molecule has 0 heterocycles. The Balaban J connectivity index is 2.24. The molecule has 0 atom stereocenters. The summed E-state index contributed by atoms with van der Waals surface area (Å²) in [7, 11) is 0. The number of benzene rings is 2. The molecule has 20 heavy (non-hydrogen) atoms. The molecule has 4 N–H and O–H groups in total. The molecule has 0 radical (unpaired) electrons. The topological polar surface area (TPSA) is 67.2 Å². The predicted octanol–water partition coefficient (Wildman–Crippen LogP) is 4.06. The van der Waals surface area contributed by atoms with E-state index in [0.29, 0.717) is 11.3 Å². The van der Waals surface area contributed by atoms with E-state index >= 15 is 0 Å². The van der Waals surface area contributed by atoms with E-state index in [2.05, 4.69) is 42.6 Å². The third kappa shape index (κ3) is 3.39. The van der Waals surface area contributed by atoms with Gasteiger partial charge in [0.25, 0.3) is 5.91 Å². The van der Waals surface area contributed by atoms with Crippen LogP contribution in [-0.2, 0) is 0 Å². The SMILES string of the molecule is Cc1cc(C(=O)Nc2cc(Br)ccc2Br)ccc1NN. The van der Waals surface area contributed by atoms with Crippen molar-refractivity contribution in [3.05, 3.63) is 56.5 Å². The Labute approximate surface area is 134 Å². The Bertz CT molecular complexity index is 659. The van der Waals surface area contributed by atoms with E-state index in [1.807, 2.05) is 25.1 Å². The number of aryl methyl sites for hydroxylation is 1. The number of amides is 1. The van der Waals surface area contributed by atoms with Crippen LogP contribution in [0.25, 0.3) is 0 Å². The number of nitrogen functional groups attached to an aromatic ring is 1. The molecular formula is C14H13Br2N3O. The first-order valence-corrected chi connectivity index (χ1v) is 7.43. The Kier molecular flexibility index (Phi) is 4.80. The van der Waals surface area contributed by atoms with Gasteiger partial charge in [0.05, 0.1) is 11.4 Å². The van der Waals surface area contributed by atoms with Crippen LogP contribution in [0, 0.1) is 6.92 Å². The molecule has 0 aromatic heterocycles. The van der Waals surface area contributed by atoms with E-state index in [1.54, 1.807) is 18.2 Å². The van der Waals surface area contributed by atoms with Gasteiger partial charge < -0.3 is 10.7 Å². The molecule has 4 nitrogen and oxygen atoms in total. The molecular weight excluding hydrogens is 386 g/mol. The number of hydrazine groups is 1. The molecule has 2 aromatic carbocycles. The van der Waals surface area contributed by atoms with Crippen LogP contribution in [0.3, 0.4) is 0 Å². The quantitative estimate of drug-likeness (QED) is 0.539. The summed E-state index contributed by atoms with van der Waals surface area (Å²) in [6.07, 6.45) is 0. The van der Waals surface area contributed by atoms with Crippen molar-refractivity contribution in [2.75, 3.05) is 10.7 Å². The second-order valence-corrected chi connectivity index (χ2v) is 6.02. The van der Waals surface area contributed by atoms with E-state index in [-0.39, 0.29) is 5.91 Å². The van der Waals surface area contributed by atoms with E-state index in [4.69, 9.17) is 5.84 Å². The van der Waals surface area contributed by atoms with Crippen LogP contribution in [0.4, 0.5) is 11.4 Å². The summed E-state index contributed by atoms with van der Waals surface area (Å²) >= 11 is 6.79. The molecule has 1 amide bonds. The summed E-state index contributed by atoms with van der Waals surface area (Å²) in [4.78, 5) is 12.2. The van der Waals surface area contributed by atoms with Crippen LogP contribution in [0.1, 0.15) is 15.9 Å². The first-order valence-electron chi connectivity index (χ1n) is 5.85. The van der Waals surface area contributed by atoms with Crippen molar-refractivity contribution in [3.63, 3.8) is 0 Å². The van der Waals surface area contributed by atoms with Gasteiger partial charge in [-0.15, -0.1) is 0 Å². The molecule has 0 aliphatic rings. The lowest BCUT2D eigenvalue weighted by molar-refractivity contribution is 0.102. The van der Waals surface area contributed by atoms with Crippen LogP contribution >= 0.6 is 31.9 Å². The first kappa shape index (κ1) is 15.0. The minimum absolute atomic E-state index is 0.171. The smallest absolute Gasteiger partial charge is 0.255 e. The van der Waals surface area contributed by atoms with Gasteiger partial charge >= 0.3 is 0 Å². The summed E-state index contributed by atoms with van der Waals surface area (Å²) in [5.74, 6) is 5.20. The lowest BCUT2D eigenvalue weighted by Crippen LogP contribution is -2.14. The highest BCUT2D eigenvalue weighted by atomic mass is 79.9. The van der Waals surface area contributed by atoms with Crippen molar-refractivity contribution < 1.29 is 4.79 Å². The van der Waals surface area contributed by atoms with Crippen LogP contribution in [0.2, 0.25) is 0 Å². The highest BCUT2D eigenvalue weighted by Gasteiger charge is 2.10. The van der Waals surface area contributed by atoms with Gasteiger partial charge in [0.2, 0.25) is 0 Å². The number of hydrogen-bond acceptors (Lipinski definition) is 3. The molecule has 0 aliphatic heterocycles. The van der Waals surface area contributed by atoms with Gasteiger partial charge in [-0.1, -0.05) is 15.9 Å². The number of anilines is 2. The summed E-state index contributed by atoms with van der Waals surface area (Å²) < 4.78 is 1.72. The third-order valence-corrected chi connectivity index (χ3v) is 4.01. The van der Waals surface area contributed by atoms with Crippen molar-refractivity contribution in [2.24, 2.45) is 5.84 Å². The van der Waals surface area contributed by atoms with Crippen molar-refractivity contribution in [1.29, 1.82) is 0 Å². The van der Waals surface area contributed by atoms with E-state index in [0.717, 1.165) is 20.2 Å². The van der Waals surface area contributed by atoms with Gasteiger partial charge in [-0.3, -0.25) is 10.6 Å². The number of nitrogens with one attached hydrogen (secondary N) is 2. The fraction of sp³-hybridized carbons (Fsp3) is 0.0714. The van der Waals surface area contributed by atoms with Crippen LogP contribution in [0.5, 0.6) is 0 Å². The fourth-order valence-corrected chi connectivity index (χ4v) is 2.46. The van der Waals surface area contributed by atoms with Crippen LogP contribution < -0.4 is 16.6 Å². The van der Waals surface area contributed by atoms with Gasteiger partial charge in [-0.2, -0.15) is 0 Å². The van der Waals surface area contributed by atoms with E-state index in [1.165, 1.54) is 0 Å². The fourth-order valence-electron chi connectivity index (χ4n) is 1.75. The minimum atomic E-state index is -0.171. The number of carbonyl (C=O) groups is 1. The Morgan fingerprint density at radius 2 is 1.85 bits per heavy atom. The summed E-state index contributed by atoms with van der Waals surface area (Å²) in [6.45, 7) is 1.89. The Morgan fingerprint density at radius 3 is 2.50 bits per heavy atom. The maximum Gasteiger partial charge on any atom is 0.255 e. The molecule has 0 saturated heterocycles. The van der Waals surface area contributed by atoms with Gasteiger partial charge in [0.1, 0.15) is 0 Å². The normalized spacial score (nSPS) is 10.2. The molecule has 0 spiro atoms. The number of rotatable bonds is 3.